The van der Waals surface area contributed by atoms with Crippen molar-refractivity contribution >= 4 is 41.4 Å². The number of nitrogens with zero attached hydrogens (tertiary/aromatic N) is 1. The van der Waals surface area contributed by atoms with Gasteiger partial charge in [0.1, 0.15) is 0 Å². The second-order valence-electron chi connectivity index (χ2n) is 14.8. The monoisotopic (exact) mass is 699 g/mol. The van der Waals surface area contributed by atoms with E-state index in [-0.39, 0.29) is 5.92 Å². The highest BCUT2D eigenvalue weighted by atomic mass is 15.1. The molecular weight excluding hydrogens is 651 g/mol. The van der Waals surface area contributed by atoms with Gasteiger partial charge in [-0.2, -0.15) is 0 Å². The van der Waals surface area contributed by atoms with Crippen molar-refractivity contribution in [1.29, 1.82) is 0 Å². The quantitative estimate of drug-likeness (QED) is 0.101. The van der Waals surface area contributed by atoms with Crippen molar-refractivity contribution in [1.82, 2.24) is 0 Å². The minimum Gasteiger partial charge on any atom is -0.310 e. The molecule has 0 amide bonds. The second-order valence-corrected chi connectivity index (χ2v) is 14.8. The third-order valence-electron chi connectivity index (χ3n) is 10.3. The minimum absolute atomic E-state index is 0.188. The zero-order chi connectivity index (χ0) is 37.6. The fourth-order valence-corrected chi connectivity index (χ4v) is 7.32. The summed E-state index contributed by atoms with van der Waals surface area (Å²) in [4.78, 5) is 2.35. The number of anilines is 3. The molecule has 0 fully saturated rings. The molecule has 0 aliphatic heterocycles. The van der Waals surface area contributed by atoms with E-state index in [0.717, 1.165) is 16.9 Å². The molecule has 0 aromatic heterocycles. The summed E-state index contributed by atoms with van der Waals surface area (Å²) in [6, 6.07) is 57.8. The zero-order valence-corrected chi connectivity index (χ0v) is 32.3. The van der Waals surface area contributed by atoms with E-state index in [0.29, 0.717) is 0 Å². The third kappa shape index (κ3) is 8.54. The standard InChI is InChI=1S/C53H49N/c1-37-10-24-47(25-11-37)53(51-32-14-39(3)34-41(51)5)48-26-20-43(21-27-48)16-18-45-8-7-9-46(36-45)19-17-44-22-30-50(31-23-44)54(49-28-12-38(2)13-29-49)52-33-15-40(4)35-42(52)6/h7-36,53H,1-6H3. The van der Waals surface area contributed by atoms with Gasteiger partial charge in [0.2, 0.25) is 0 Å². The molecule has 0 aliphatic rings. The minimum atomic E-state index is 0.188. The predicted octanol–water partition coefficient (Wildman–Crippen LogP) is 14.5. The van der Waals surface area contributed by atoms with E-state index in [1.165, 1.54) is 72.4 Å². The molecule has 266 valence electrons. The lowest BCUT2D eigenvalue weighted by atomic mass is 9.82. The third-order valence-corrected chi connectivity index (χ3v) is 10.3. The molecule has 0 radical (unpaired) electrons. The predicted molar refractivity (Wildman–Crippen MR) is 234 cm³/mol. The van der Waals surface area contributed by atoms with Gasteiger partial charge in [0.15, 0.2) is 0 Å². The molecule has 7 aromatic carbocycles. The fourth-order valence-electron chi connectivity index (χ4n) is 7.32. The van der Waals surface area contributed by atoms with Gasteiger partial charge in [0, 0.05) is 23.0 Å². The summed E-state index contributed by atoms with van der Waals surface area (Å²) in [5.74, 6) is 0.188. The molecule has 0 spiro atoms. The topological polar surface area (TPSA) is 3.24 Å². The fraction of sp³-hybridized carbons (Fsp3) is 0.132. The van der Waals surface area contributed by atoms with Crippen LogP contribution in [0.5, 0.6) is 0 Å². The number of aryl methyl sites for hydroxylation is 6. The first-order chi connectivity index (χ1) is 26.2. The Bertz CT molecular complexity index is 2240. The largest absolute Gasteiger partial charge is 0.310 e. The number of hydrogen-bond donors (Lipinski definition) is 0. The highest BCUT2D eigenvalue weighted by Gasteiger charge is 2.19. The number of hydrogen-bond acceptors (Lipinski definition) is 1. The molecule has 7 aromatic rings. The number of rotatable bonds is 10. The van der Waals surface area contributed by atoms with Crippen LogP contribution in [0.25, 0.3) is 24.3 Å². The van der Waals surface area contributed by atoms with Gasteiger partial charge in [-0.05, 0) is 128 Å². The van der Waals surface area contributed by atoms with E-state index in [9.17, 15) is 0 Å². The average molecular weight is 700 g/mol. The summed E-state index contributed by atoms with van der Waals surface area (Å²) in [6.07, 6.45) is 8.80. The Kier molecular flexibility index (Phi) is 10.9. The van der Waals surface area contributed by atoms with Crippen LogP contribution in [-0.4, -0.2) is 0 Å². The summed E-state index contributed by atoms with van der Waals surface area (Å²) < 4.78 is 0. The maximum absolute atomic E-state index is 2.35. The maximum atomic E-state index is 2.35. The summed E-state index contributed by atoms with van der Waals surface area (Å²) in [5, 5.41) is 0. The summed E-state index contributed by atoms with van der Waals surface area (Å²) in [6.45, 7) is 13.0. The summed E-state index contributed by atoms with van der Waals surface area (Å²) >= 11 is 0. The molecule has 54 heavy (non-hydrogen) atoms. The molecule has 0 bridgehead atoms. The van der Waals surface area contributed by atoms with E-state index in [2.05, 4.69) is 228 Å². The van der Waals surface area contributed by atoms with Crippen LogP contribution in [0.15, 0.2) is 158 Å². The lowest BCUT2D eigenvalue weighted by molar-refractivity contribution is 0.959. The smallest absolute Gasteiger partial charge is 0.0490 e. The van der Waals surface area contributed by atoms with Crippen molar-refractivity contribution in [3.8, 4) is 0 Å². The van der Waals surface area contributed by atoms with Gasteiger partial charge in [-0.25, -0.2) is 0 Å². The molecule has 0 N–H and O–H groups in total. The Morgan fingerprint density at radius 3 is 1.33 bits per heavy atom. The molecule has 0 heterocycles. The molecule has 0 saturated carbocycles. The first-order valence-corrected chi connectivity index (χ1v) is 18.9. The maximum Gasteiger partial charge on any atom is 0.0490 e. The van der Waals surface area contributed by atoms with Crippen molar-refractivity contribution in [3.63, 3.8) is 0 Å². The van der Waals surface area contributed by atoms with Crippen molar-refractivity contribution in [3.05, 3.63) is 230 Å². The van der Waals surface area contributed by atoms with Gasteiger partial charge in [0.05, 0.1) is 0 Å². The van der Waals surface area contributed by atoms with Crippen molar-refractivity contribution < 1.29 is 0 Å². The molecule has 0 aliphatic carbocycles. The van der Waals surface area contributed by atoms with Gasteiger partial charge < -0.3 is 4.90 Å². The van der Waals surface area contributed by atoms with Crippen LogP contribution >= 0.6 is 0 Å². The Hall–Kier alpha value is -6.18. The molecule has 1 atom stereocenters. The molecule has 1 nitrogen and oxygen atoms in total. The first-order valence-electron chi connectivity index (χ1n) is 18.9. The van der Waals surface area contributed by atoms with Gasteiger partial charge in [-0.1, -0.05) is 168 Å². The van der Waals surface area contributed by atoms with Crippen LogP contribution in [0.2, 0.25) is 0 Å². The summed E-state index contributed by atoms with van der Waals surface area (Å²) in [5.41, 5.74) is 19.8. The Balaban J connectivity index is 1.07. The van der Waals surface area contributed by atoms with Crippen molar-refractivity contribution in [2.45, 2.75) is 47.5 Å². The Morgan fingerprint density at radius 1 is 0.370 bits per heavy atom. The van der Waals surface area contributed by atoms with E-state index < -0.39 is 0 Å². The van der Waals surface area contributed by atoms with E-state index in [1.807, 2.05) is 0 Å². The SMILES string of the molecule is Cc1ccc(C(c2ccc(C=Cc3cccc(C=Cc4ccc(N(c5ccc(C)cc5)c5ccc(C)cc5C)cc4)c3)cc2)c2ccc(C)cc2C)cc1. The zero-order valence-electron chi connectivity index (χ0n) is 32.3. The van der Waals surface area contributed by atoms with Crippen LogP contribution in [-0.2, 0) is 0 Å². The van der Waals surface area contributed by atoms with Crippen LogP contribution in [0, 0.1) is 41.5 Å². The number of benzene rings is 7. The highest BCUT2D eigenvalue weighted by Crippen LogP contribution is 2.38. The van der Waals surface area contributed by atoms with Crippen LogP contribution in [0.3, 0.4) is 0 Å². The molecule has 0 saturated heterocycles. The van der Waals surface area contributed by atoms with Crippen LogP contribution in [0.4, 0.5) is 17.1 Å². The van der Waals surface area contributed by atoms with E-state index >= 15 is 0 Å². The van der Waals surface area contributed by atoms with E-state index in [1.54, 1.807) is 0 Å². The average Bonchev–Trinajstić information content (AvgIpc) is 3.17. The lowest BCUT2D eigenvalue weighted by Gasteiger charge is -2.27. The second kappa shape index (κ2) is 16.2. The van der Waals surface area contributed by atoms with Crippen LogP contribution < -0.4 is 4.90 Å². The highest BCUT2D eigenvalue weighted by molar-refractivity contribution is 5.80. The lowest BCUT2D eigenvalue weighted by Crippen LogP contribution is -2.11. The van der Waals surface area contributed by atoms with Crippen molar-refractivity contribution in [2.75, 3.05) is 4.90 Å². The van der Waals surface area contributed by atoms with E-state index in [4.69, 9.17) is 0 Å². The first kappa shape index (κ1) is 36.2. The van der Waals surface area contributed by atoms with Gasteiger partial charge >= 0.3 is 0 Å². The molecule has 1 heteroatoms. The Morgan fingerprint density at radius 2 is 0.796 bits per heavy atom. The molecule has 1 unspecified atom stereocenters. The molecular formula is C53H49N. The van der Waals surface area contributed by atoms with Gasteiger partial charge in [-0.3, -0.25) is 0 Å². The molecule has 7 rings (SSSR count). The van der Waals surface area contributed by atoms with Crippen molar-refractivity contribution in [2.24, 2.45) is 0 Å². The summed E-state index contributed by atoms with van der Waals surface area (Å²) in [7, 11) is 0. The van der Waals surface area contributed by atoms with Gasteiger partial charge in [-0.15, -0.1) is 0 Å². The Labute approximate surface area is 322 Å². The van der Waals surface area contributed by atoms with Crippen LogP contribution in [0.1, 0.15) is 78.2 Å². The normalized spacial score (nSPS) is 12.0. The van der Waals surface area contributed by atoms with Gasteiger partial charge in [0.25, 0.3) is 0 Å².